The molecule has 0 atom stereocenters. The standard InChI is InChI=1S/4C17H12N.C15H16N.C14H14N.C13H12N.C12H10N.4Ir/c4*1-3-7-14(8-4-1)16-11-12-18-17(13-16)15-9-5-2-6-10-15;1-12(2)10-13-8-9-15(16-11-13)14-6-4-3-5-7-14;1-11(2)13-8-9-14(15-10-13)12-6-4-3-5-7-12;1-2-11-8-9-13(14-10-11)12-6-4-3-5-7-12;1-10-7-8-13-12(9-10)11-5-3-2-4-6-11;;;;/h4*1-9,11-13H;3-6,8-9,11-12H,10H2,1-2H3;3-6,8-11H,1-2H3;3-6,8-10H,2H2,1H3;2-5,7-9H,1H3;;;;/q8*-1;;;;. The molecule has 8 nitrogen and oxygen atoms in total. The number of nitrogens with zero attached hydrogens (tertiary/aromatic N) is 8. The van der Waals surface area contributed by atoms with Gasteiger partial charge in [-0.25, -0.2) is 0 Å². The number of aryl methyl sites for hydroxylation is 2. The number of rotatable bonds is 16. The Morgan fingerprint density at radius 1 is 0.216 bits per heavy atom. The number of hydrogen-bond acceptors (Lipinski definition) is 8. The number of aromatic nitrogens is 8. The van der Waals surface area contributed by atoms with Crippen LogP contribution in [-0.4, -0.2) is 39.9 Å². The average molecular weight is 2450 g/mol. The second kappa shape index (κ2) is 57.7. The van der Waals surface area contributed by atoms with E-state index in [0.29, 0.717) is 11.8 Å². The SMILES string of the molecule is CC(C)Cc1ccc(-c2[c-]cccc2)nc1.CC(C)c1ccc(-c2[c-]cccc2)nc1.CCc1ccc(-c2[c-]cccc2)nc1.Cc1ccnc(-c2[c-]cccc2)c1.[Ir].[Ir].[Ir].[Ir].[c-]1ccccc1-c1cc(-c2ccccc2)ccn1.[c-]1ccccc1-c1cc(-c2ccccc2)ccn1.[c-]1ccccc1-c1cc(-c2ccccc2)ccn1.[c-]1ccccc1-c1cc(-c2ccccc2)ccn1. The van der Waals surface area contributed by atoms with Crippen LogP contribution in [0.25, 0.3) is 135 Å². The summed E-state index contributed by atoms with van der Waals surface area (Å²) in [7, 11) is 0. The summed E-state index contributed by atoms with van der Waals surface area (Å²) in [6.45, 7) is 13.0. The van der Waals surface area contributed by atoms with E-state index >= 15 is 0 Å². The molecule has 4 radical (unpaired) electrons. The molecule has 0 amide bonds. The Labute approximate surface area is 846 Å². The molecule has 8 aromatic heterocycles. The van der Waals surface area contributed by atoms with E-state index in [1.165, 1.54) is 66.8 Å². The van der Waals surface area contributed by atoms with E-state index in [4.69, 9.17) is 0 Å². The monoisotopic (exact) mass is 2450 g/mol. The van der Waals surface area contributed by atoms with Crippen LogP contribution in [0.2, 0.25) is 0 Å². The third-order valence-electron chi connectivity index (χ3n) is 20.4. The van der Waals surface area contributed by atoms with Crippen molar-refractivity contribution in [1.29, 1.82) is 0 Å². The van der Waals surface area contributed by atoms with Crippen LogP contribution in [0.4, 0.5) is 0 Å². The van der Waals surface area contributed by atoms with E-state index in [0.717, 1.165) is 103 Å². The van der Waals surface area contributed by atoms with Crippen LogP contribution in [0, 0.1) is 61.4 Å². The molecule has 12 aromatic carbocycles. The van der Waals surface area contributed by atoms with Gasteiger partial charge in [0.2, 0.25) is 0 Å². The molecule has 0 unspecified atom stereocenters. The average Bonchev–Trinajstić information content (AvgIpc) is 0.836. The van der Waals surface area contributed by atoms with E-state index in [1.807, 2.05) is 353 Å². The van der Waals surface area contributed by atoms with Crippen molar-refractivity contribution in [2.24, 2.45) is 5.92 Å². The Kier molecular flexibility index (Phi) is 44.8. The largest absolute Gasteiger partial charge is 0.305 e. The zero-order chi connectivity index (χ0) is 89.8. The Hall–Kier alpha value is -13.6. The number of benzene rings is 12. The van der Waals surface area contributed by atoms with Crippen molar-refractivity contribution in [3.63, 3.8) is 0 Å². The molecule has 0 N–H and O–H groups in total. The maximum absolute atomic E-state index is 4.47. The van der Waals surface area contributed by atoms with Gasteiger partial charge in [-0.05, 0) is 169 Å². The maximum atomic E-state index is 4.47. The van der Waals surface area contributed by atoms with E-state index in [-0.39, 0.29) is 80.4 Å². The van der Waals surface area contributed by atoms with Gasteiger partial charge in [-0.15, -0.1) is 287 Å². The summed E-state index contributed by atoms with van der Waals surface area (Å²) in [5.74, 6) is 1.21. The molecule has 0 fully saturated rings. The summed E-state index contributed by atoms with van der Waals surface area (Å²) in [6.07, 6.45) is 17.2. The minimum absolute atomic E-state index is 0. The van der Waals surface area contributed by atoms with Crippen molar-refractivity contribution in [3.05, 3.63) is 533 Å². The van der Waals surface area contributed by atoms with Crippen LogP contribution in [0.3, 0.4) is 0 Å². The summed E-state index contributed by atoms with van der Waals surface area (Å²) in [5, 5.41) is 0. The van der Waals surface area contributed by atoms with Gasteiger partial charge in [0.15, 0.2) is 0 Å². The van der Waals surface area contributed by atoms with Gasteiger partial charge < -0.3 is 39.9 Å². The smallest absolute Gasteiger partial charge is 0.0195 e. The summed E-state index contributed by atoms with van der Waals surface area (Å²) in [5.41, 5.74) is 30.7. The second-order valence-corrected chi connectivity index (χ2v) is 30.8. The first-order valence-corrected chi connectivity index (χ1v) is 43.6. The normalized spacial score (nSPS) is 9.97. The number of pyridine rings is 8. The van der Waals surface area contributed by atoms with Crippen molar-refractivity contribution in [2.75, 3.05) is 0 Å². The summed E-state index contributed by atoms with van der Waals surface area (Å²) in [6, 6.07) is 163. The van der Waals surface area contributed by atoms with Crippen LogP contribution in [-0.2, 0) is 93.3 Å². The zero-order valence-electron chi connectivity index (χ0n) is 75.4. The first-order valence-electron chi connectivity index (χ1n) is 43.6. The van der Waals surface area contributed by atoms with Gasteiger partial charge in [0.1, 0.15) is 0 Å². The molecule has 8 heterocycles. The second-order valence-electron chi connectivity index (χ2n) is 30.8. The first kappa shape index (κ1) is 104. The first-order chi connectivity index (χ1) is 64.0. The van der Waals surface area contributed by atoms with E-state index in [9.17, 15) is 0 Å². The molecule has 0 bridgehead atoms. The van der Waals surface area contributed by atoms with Crippen molar-refractivity contribution in [1.82, 2.24) is 39.9 Å². The summed E-state index contributed by atoms with van der Waals surface area (Å²) in [4.78, 5) is 35.2. The molecule has 0 aliphatic rings. The van der Waals surface area contributed by atoms with Crippen molar-refractivity contribution in [2.45, 2.75) is 60.3 Å². The quantitative estimate of drug-likeness (QED) is 0.0882. The Balaban J connectivity index is 0.000000172. The molecule has 0 saturated heterocycles. The predicted molar refractivity (Wildman–Crippen MR) is 537 cm³/mol. The fourth-order valence-corrected chi connectivity index (χ4v) is 13.5. The van der Waals surface area contributed by atoms with Gasteiger partial charge in [-0.2, -0.15) is 0 Å². The van der Waals surface area contributed by atoms with E-state index < -0.39 is 0 Å². The predicted octanol–water partition coefficient (Wildman–Crippen LogP) is 30.2. The Morgan fingerprint density at radius 2 is 0.455 bits per heavy atom. The zero-order valence-corrected chi connectivity index (χ0v) is 84.9. The molecule has 134 heavy (non-hydrogen) atoms. The molecule has 0 aliphatic heterocycles. The third-order valence-corrected chi connectivity index (χ3v) is 20.4. The molecule has 0 spiro atoms. The van der Waals surface area contributed by atoms with Gasteiger partial charge >= 0.3 is 0 Å². The molecule has 20 aromatic rings. The molecular weight excluding hydrogens is 2350 g/mol. The summed E-state index contributed by atoms with van der Waals surface area (Å²) < 4.78 is 0. The molecule has 20 rings (SSSR count). The molecule has 0 saturated carbocycles. The van der Waals surface area contributed by atoms with Gasteiger partial charge in [-0.1, -0.05) is 228 Å². The third kappa shape index (κ3) is 33.6. The van der Waals surface area contributed by atoms with Crippen molar-refractivity contribution < 1.29 is 80.4 Å². The topological polar surface area (TPSA) is 103 Å². The fraction of sp³-hybridized carbons (Fsp3) is 0.0820. The van der Waals surface area contributed by atoms with Gasteiger partial charge in [-0.3, -0.25) is 0 Å². The van der Waals surface area contributed by atoms with Crippen LogP contribution in [0.1, 0.15) is 62.8 Å². The van der Waals surface area contributed by atoms with Crippen LogP contribution in [0.5, 0.6) is 0 Å². The Morgan fingerprint density at radius 3 is 0.672 bits per heavy atom. The van der Waals surface area contributed by atoms with E-state index in [2.05, 4.69) is 239 Å². The maximum Gasteiger partial charge on any atom is 0.0195 e. The van der Waals surface area contributed by atoms with Crippen LogP contribution >= 0.6 is 0 Å². The van der Waals surface area contributed by atoms with Gasteiger partial charge in [0.05, 0.1) is 0 Å². The summed E-state index contributed by atoms with van der Waals surface area (Å²) >= 11 is 0. The minimum Gasteiger partial charge on any atom is -0.305 e. The van der Waals surface area contributed by atoms with Crippen LogP contribution in [0.15, 0.2) is 462 Å². The minimum atomic E-state index is 0. The van der Waals surface area contributed by atoms with Gasteiger partial charge in [0.25, 0.3) is 0 Å². The molecule has 672 valence electrons. The fourth-order valence-electron chi connectivity index (χ4n) is 13.5. The Bertz CT molecular complexity index is 5900. The van der Waals surface area contributed by atoms with Gasteiger partial charge in [0, 0.05) is 130 Å². The van der Waals surface area contributed by atoms with Crippen molar-refractivity contribution in [3.8, 4) is 135 Å². The number of hydrogen-bond donors (Lipinski definition) is 0. The van der Waals surface area contributed by atoms with Crippen LogP contribution < -0.4 is 0 Å². The molecular formula is C122H100Ir4N8-8. The van der Waals surface area contributed by atoms with E-state index in [1.54, 1.807) is 0 Å². The van der Waals surface area contributed by atoms with Crippen molar-refractivity contribution >= 4 is 0 Å². The molecule has 0 aliphatic carbocycles. The molecule has 12 heteroatoms.